The Hall–Kier alpha value is -1.12. The molecule has 1 aliphatic carbocycles. The summed E-state index contributed by atoms with van der Waals surface area (Å²) in [5, 5.41) is 7.97. The largest absolute Gasteiger partial charge is 0.341 e. The number of allylic oxidation sites excluding steroid dienone is 2. The van der Waals surface area contributed by atoms with Gasteiger partial charge in [0.2, 0.25) is 5.96 Å². The van der Waals surface area contributed by atoms with E-state index in [0.29, 0.717) is 5.96 Å². The first-order valence-corrected chi connectivity index (χ1v) is 6.22. The number of guanidine groups is 1. The standard InChI is InChI=1S/C13H21N3/c1-3-4-10(2)15-13(14)16-7-5-11-9-12(11)6-8-16/h3-4,11-12,14H,5-9H2,1-2H3. The second-order valence-electron chi connectivity index (χ2n) is 4.90. The number of nitrogens with zero attached hydrogens (tertiary/aromatic N) is 2. The zero-order valence-corrected chi connectivity index (χ0v) is 10.2. The molecule has 1 heterocycles. The van der Waals surface area contributed by atoms with Crippen molar-refractivity contribution in [1.29, 1.82) is 5.41 Å². The molecule has 3 heteroatoms. The fourth-order valence-corrected chi connectivity index (χ4v) is 2.50. The zero-order chi connectivity index (χ0) is 11.5. The monoisotopic (exact) mass is 219 g/mol. The predicted molar refractivity (Wildman–Crippen MR) is 68.1 cm³/mol. The van der Waals surface area contributed by atoms with Crippen LogP contribution in [0.3, 0.4) is 0 Å². The van der Waals surface area contributed by atoms with Crippen molar-refractivity contribution in [3.63, 3.8) is 0 Å². The molecule has 3 nitrogen and oxygen atoms in total. The van der Waals surface area contributed by atoms with Gasteiger partial charge in [-0.1, -0.05) is 6.08 Å². The van der Waals surface area contributed by atoms with Crippen LogP contribution in [0.15, 0.2) is 17.1 Å². The molecule has 2 atom stereocenters. The van der Waals surface area contributed by atoms with E-state index < -0.39 is 0 Å². The Morgan fingerprint density at radius 1 is 1.31 bits per heavy atom. The summed E-state index contributed by atoms with van der Waals surface area (Å²) in [4.78, 5) is 6.44. The van der Waals surface area contributed by atoms with Crippen LogP contribution >= 0.6 is 0 Å². The molecule has 0 aromatic heterocycles. The first-order valence-electron chi connectivity index (χ1n) is 6.22. The van der Waals surface area contributed by atoms with E-state index in [1.807, 2.05) is 26.0 Å². The Morgan fingerprint density at radius 2 is 1.94 bits per heavy atom. The maximum absolute atomic E-state index is 7.97. The lowest BCUT2D eigenvalue weighted by molar-refractivity contribution is 0.409. The molecule has 0 spiro atoms. The maximum Gasteiger partial charge on any atom is 0.217 e. The molecule has 1 aliphatic heterocycles. The van der Waals surface area contributed by atoms with E-state index in [0.717, 1.165) is 30.6 Å². The minimum Gasteiger partial charge on any atom is -0.341 e. The summed E-state index contributed by atoms with van der Waals surface area (Å²) in [6.45, 7) is 5.96. The first-order chi connectivity index (χ1) is 7.70. The molecule has 16 heavy (non-hydrogen) atoms. The van der Waals surface area contributed by atoms with Crippen LogP contribution in [0.25, 0.3) is 0 Å². The van der Waals surface area contributed by atoms with E-state index in [-0.39, 0.29) is 0 Å². The van der Waals surface area contributed by atoms with Gasteiger partial charge >= 0.3 is 0 Å². The second-order valence-corrected chi connectivity index (χ2v) is 4.90. The van der Waals surface area contributed by atoms with Gasteiger partial charge in [-0.2, -0.15) is 0 Å². The minimum atomic E-state index is 0.442. The van der Waals surface area contributed by atoms with E-state index in [2.05, 4.69) is 9.89 Å². The maximum atomic E-state index is 7.97. The Kier molecular flexibility index (Phi) is 3.42. The molecule has 0 bridgehead atoms. The van der Waals surface area contributed by atoms with E-state index in [1.54, 1.807) is 0 Å². The summed E-state index contributed by atoms with van der Waals surface area (Å²) in [5.41, 5.74) is 0.918. The number of rotatable bonds is 1. The molecule has 0 aromatic carbocycles. The van der Waals surface area contributed by atoms with Gasteiger partial charge in [-0.15, -0.1) is 0 Å². The third kappa shape index (κ3) is 2.71. The normalized spacial score (nSPS) is 30.1. The molecule has 1 saturated heterocycles. The van der Waals surface area contributed by atoms with Crippen molar-refractivity contribution >= 4 is 11.7 Å². The van der Waals surface area contributed by atoms with Crippen LogP contribution in [0.2, 0.25) is 0 Å². The van der Waals surface area contributed by atoms with Gasteiger partial charge in [-0.05, 0) is 51.0 Å². The quantitative estimate of drug-likeness (QED) is 0.534. The summed E-state index contributed by atoms with van der Waals surface area (Å²) in [6.07, 6.45) is 7.85. The Labute approximate surface area is 97.8 Å². The Morgan fingerprint density at radius 3 is 2.50 bits per heavy atom. The van der Waals surface area contributed by atoms with Crippen molar-refractivity contribution in [1.82, 2.24) is 4.90 Å². The second kappa shape index (κ2) is 4.81. The third-order valence-electron chi connectivity index (χ3n) is 3.60. The topological polar surface area (TPSA) is 39.5 Å². The molecule has 0 amide bonds. The molecule has 1 N–H and O–H groups in total. The Bertz CT molecular complexity index is 318. The van der Waals surface area contributed by atoms with Gasteiger partial charge < -0.3 is 4.90 Å². The van der Waals surface area contributed by atoms with Gasteiger partial charge in [-0.25, -0.2) is 4.99 Å². The van der Waals surface area contributed by atoms with Gasteiger partial charge in [0.25, 0.3) is 0 Å². The highest BCUT2D eigenvalue weighted by Crippen LogP contribution is 2.45. The highest BCUT2D eigenvalue weighted by atomic mass is 15.2. The van der Waals surface area contributed by atoms with Gasteiger partial charge in [0, 0.05) is 18.8 Å². The van der Waals surface area contributed by atoms with Crippen molar-refractivity contribution in [2.75, 3.05) is 13.1 Å². The van der Waals surface area contributed by atoms with Crippen LogP contribution in [-0.2, 0) is 0 Å². The Balaban J connectivity index is 1.91. The van der Waals surface area contributed by atoms with Crippen molar-refractivity contribution in [3.8, 4) is 0 Å². The SMILES string of the molecule is CC=CC(C)=NC(=N)N1CCC2CC2CC1. The van der Waals surface area contributed by atoms with Gasteiger partial charge in [0.15, 0.2) is 0 Å². The number of fused-ring (bicyclic) bond motifs is 1. The lowest BCUT2D eigenvalue weighted by Gasteiger charge is -2.20. The van der Waals surface area contributed by atoms with E-state index in [4.69, 9.17) is 5.41 Å². The van der Waals surface area contributed by atoms with Crippen LogP contribution in [0, 0.1) is 17.2 Å². The highest BCUT2D eigenvalue weighted by Gasteiger charge is 2.38. The minimum absolute atomic E-state index is 0.442. The zero-order valence-electron chi connectivity index (χ0n) is 10.2. The molecule has 1 saturated carbocycles. The van der Waals surface area contributed by atoms with Crippen LogP contribution in [0.5, 0.6) is 0 Å². The smallest absolute Gasteiger partial charge is 0.217 e. The predicted octanol–water partition coefficient (Wildman–Crippen LogP) is 2.69. The summed E-state index contributed by atoms with van der Waals surface area (Å²) < 4.78 is 0. The molecule has 2 unspecified atom stereocenters. The van der Waals surface area contributed by atoms with E-state index >= 15 is 0 Å². The van der Waals surface area contributed by atoms with Crippen LogP contribution in [0.4, 0.5) is 0 Å². The molecule has 0 radical (unpaired) electrons. The van der Waals surface area contributed by atoms with Gasteiger partial charge in [0.05, 0.1) is 0 Å². The number of likely N-dealkylation sites (tertiary alicyclic amines) is 1. The van der Waals surface area contributed by atoms with Gasteiger partial charge in [0.1, 0.15) is 0 Å². The molecule has 88 valence electrons. The number of aliphatic imine (C=N–C) groups is 1. The molecule has 0 aromatic rings. The lowest BCUT2D eigenvalue weighted by Crippen LogP contribution is -2.31. The number of hydrogen-bond donors (Lipinski definition) is 1. The van der Waals surface area contributed by atoms with E-state index in [9.17, 15) is 0 Å². The summed E-state index contributed by atoms with van der Waals surface area (Å²) in [5.74, 6) is 2.36. The first kappa shape index (κ1) is 11.4. The number of hydrogen-bond acceptors (Lipinski definition) is 1. The average Bonchev–Trinajstić information content (AvgIpc) is 2.94. The number of nitrogens with one attached hydrogen (secondary N) is 1. The van der Waals surface area contributed by atoms with Crippen molar-refractivity contribution in [3.05, 3.63) is 12.2 Å². The lowest BCUT2D eigenvalue weighted by atomic mass is 10.2. The summed E-state index contributed by atoms with van der Waals surface area (Å²) in [7, 11) is 0. The fourth-order valence-electron chi connectivity index (χ4n) is 2.50. The average molecular weight is 219 g/mol. The van der Waals surface area contributed by atoms with Crippen molar-refractivity contribution < 1.29 is 0 Å². The van der Waals surface area contributed by atoms with Crippen molar-refractivity contribution in [2.45, 2.75) is 33.1 Å². The fraction of sp³-hybridized carbons (Fsp3) is 0.692. The summed E-state index contributed by atoms with van der Waals surface area (Å²) in [6, 6.07) is 0. The van der Waals surface area contributed by atoms with Crippen molar-refractivity contribution in [2.24, 2.45) is 16.8 Å². The molecular formula is C13H21N3. The molecular weight excluding hydrogens is 198 g/mol. The molecule has 2 rings (SSSR count). The van der Waals surface area contributed by atoms with Crippen LogP contribution in [0.1, 0.15) is 33.1 Å². The molecule has 2 aliphatic rings. The van der Waals surface area contributed by atoms with Gasteiger partial charge in [-0.3, -0.25) is 5.41 Å². The highest BCUT2D eigenvalue weighted by molar-refractivity contribution is 6.00. The van der Waals surface area contributed by atoms with Crippen LogP contribution < -0.4 is 0 Å². The van der Waals surface area contributed by atoms with Crippen LogP contribution in [-0.4, -0.2) is 29.7 Å². The third-order valence-corrected chi connectivity index (χ3v) is 3.60. The molecule has 2 fully saturated rings. The summed E-state index contributed by atoms with van der Waals surface area (Å²) >= 11 is 0. The van der Waals surface area contributed by atoms with E-state index in [1.165, 1.54) is 19.3 Å².